The summed E-state index contributed by atoms with van der Waals surface area (Å²) in [6.07, 6.45) is 6.38. The maximum Gasteiger partial charge on any atom is 0.286 e. The fourth-order valence-electron chi connectivity index (χ4n) is 3.65. The number of likely N-dealkylation sites (tertiary alicyclic amines) is 1. The molecule has 2 amide bonds. The van der Waals surface area contributed by atoms with Crippen LogP contribution in [0.4, 0.5) is 0 Å². The maximum atomic E-state index is 12.6. The van der Waals surface area contributed by atoms with E-state index in [1.807, 2.05) is 33.7 Å². The zero-order valence-corrected chi connectivity index (χ0v) is 15.6. The molecule has 1 fully saturated rings. The predicted octanol–water partition coefficient (Wildman–Crippen LogP) is 2.24. The van der Waals surface area contributed by atoms with Gasteiger partial charge < -0.3 is 14.6 Å². The van der Waals surface area contributed by atoms with E-state index in [2.05, 4.69) is 15.5 Å². The van der Waals surface area contributed by atoms with Crippen LogP contribution in [0.5, 0.6) is 0 Å². The summed E-state index contributed by atoms with van der Waals surface area (Å²) in [6, 6.07) is 9.11. The van der Waals surface area contributed by atoms with Crippen LogP contribution >= 0.6 is 0 Å². The number of carbonyl (C=O) groups excluding carboxylic acids is 2. The molecule has 28 heavy (non-hydrogen) atoms. The van der Waals surface area contributed by atoms with E-state index in [9.17, 15) is 9.59 Å². The zero-order chi connectivity index (χ0) is 19.3. The minimum absolute atomic E-state index is 0.116. The summed E-state index contributed by atoms with van der Waals surface area (Å²) in [7, 11) is 0. The van der Waals surface area contributed by atoms with Crippen LogP contribution in [0, 0.1) is 0 Å². The van der Waals surface area contributed by atoms with E-state index in [4.69, 9.17) is 4.42 Å². The number of carbonyl (C=O) groups is 2. The number of amides is 2. The summed E-state index contributed by atoms with van der Waals surface area (Å²) in [5, 5.41) is 11.3. The maximum absolute atomic E-state index is 12.6. The molecular formula is C20H23N5O3. The van der Waals surface area contributed by atoms with Crippen molar-refractivity contribution in [2.75, 3.05) is 19.6 Å². The van der Waals surface area contributed by atoms with Crippen molar-refractivity contribution in [2.45, 2.75) is 31.6 Å². The molecule has 0 radical (unpaired) electrons. The standard InChI is InChI=1S/C20H23N5O3/c26-18(9-3-10-21-20(27)16-7-5-13-28-16)24-11-4-6-15(14-24)19-23-22-17-8-1-2-12-25(17)19/h1-2,5,7-8,12-13,15H,3-4,6,9-11,14H2,(H,21,27). The average molecular weight is 381 g/mol. The number of pyridine rings is 1. The summed E-state index contributed by atoms with van der Waals surface area (Å²) in [5.74, 6) is 1.25. The summed E-state index contributed by atoms with van der Waals surface area (Å²) < 4.78 is 7.05. The Kier molecular flexibility index (Phi) is 5.36. The number of nitrogens with zero attached hydrogens (tertiary/aromatic N) is 4. The van der Waals surface area contributed by atoms with Gasteiger partial charge in [0.2, 0.25) is 5.91 Å². The molecule has 146 valence electrons. The quantitative estimate of drug-likeness (QED) is 0.661. The summed E-state index contributed by atoms with van der Waals surface area (Å²) in [5.41, 5.74) is 0.827. The Balaban J connectivity index is 1.28. The molecule has 0 bridgehead atoms. The van der Waals surface area contributed by atoms with Gasteiger partial charge in [-0.3, -0.25) is 14.0 Å². The van der Waals surface area contributed by atoms with Gasteiger partial charge in [0.1, 0.15) is 5.82 Å². The highest BCUT2D eigenvalue weighted by molar-refractivity contribution is 5.91. The molecule has 1 aliphatic rings. The summed E-state index contributed by atoms with van der Waals surface area (Å²) >= 11 is 0. The van der Waals surface area contributed by atoms with Gasteiger partial charge in [-0.1, -0.05) is 6.07 Å². The Hall–Kier alpha value is -3.16. The van der Waals surface area contributed by atoms with E-state index >= 15 is 0 Å². The number of nitrogens with one attached hydrogen (secondary N) is 1. The molecular weight excluding hydrogens is 358 g/mol. The van der Waals surface area contributed by atoms with Crippen molar-refractivity contribution in [3.63, 3.8) is 0 Å². The zero-order valence-electron chi connectivity index (χ0n) is 15.6. The predicted molar refractivity (Wildman–Crippen MR) is 102 cm³/mol. The van der Waals surface area contributed by atoms with Crippen LogP contribution in [0.3, 0.4) is 0 Å². The molecule has 4 heterocycles. The third kappa shape index (κ3) is 3.90. The number of aromatic nitrogens is 3. The number of furan rings is 1. The summed E-state index contributed by atoms with van der Waals surface area (Å²) in [6.45, 7) is 1.87. The highest BCUT2D eigenvalue weighted by Crippen LogP contribution is 2.26. The number of piperidine rings is 1. The number of fused-ring (bicyclic) bond motifs is 1. The Morgan fingerprint density at radius 1 is 1.21 bits per heavy atom. The van der Waals surface area contributed by atoms with Gasteiger partial charge in [-0.05, 0) is 43.5 Å². The van der Waals surface area contributed by atoms with Crippen molar-refractivity contribution >= 4 is 17.5 Å². The number of hydrogen-bond acceptors (Lipinski definition) is 5. The first kappa shape index (κ1) is 18.2. The lowest BCUT2D eigenvalue weighted by molar-refractivity contribution is -0.132. The average Bonchev–Trinajstić information content (AvgIpc) is 3.41. The minimum Gasteiger partial charge on any atom is -0.459 e. The first-order chi connectivity index (χ1) is 13.7. The van der Waals surface area contributed by atoms with E-state index in [-0.39, 0.29) is 23.5 Å². The highest BCUT2D eigenvalue weighted by Gasteiger charge is 2.27. The Bertz CT molecular complexity index is 950. The molecule has 3 aromatic heterocycles. The lowest BCUT2D eigenvalue weighted by Gasteiger charge is -2.32. The summed E-state index contributed by atoms with van der Waals surface area (Å²) in [4.78, 5) is 26.3. The van der Waals surface area contributed by atoms with Gasteiger partial charge >= 0.3 is 0 Å². The van der Waals surface area contributed by atoms with E-state index in [0.29, 0.717) is 25.9 Å². The molecule has 0 saturated carbocycles. The Morgan fingerprint density at radius 3 is 3.00 bits per heavy atom. The Morgan fingerprint density at radius 2 is 2.14 bits per heavy atom. The van der Waals surface area contributed by atoms with E-state index < -0.39 is 0 Å². The second kappa shape index (κ2) is 8.24. The normalized spacial score (nSPS) is 17.0. The number of hydrogen-bond donors (Lipinski definition) is 1. The van der Waals surface area contributed by atoms with E-state index in [0.717, 1.165) is 30.9 Å². The van der Waals surface area contributed by atoms with Crippen molar-refractivity contribution in [3.05, 3.63) is 54.4 Å². The molecule has 8 nitrogen and oxygen atoms in total. The third-order valence-corrected chi connectivity index (χ3v) is 5.08. The fourth-order valence-corrected chi connectivity index (χ4v) is 3.65. The molecule has 1 atom stereocenters. The van der Waals surface area contributed by atoms with Gasteiger partial charge in [0.25, 0.3) is 5.91 Å². The van der Waals surface area contributed by atoms with Crippen LogP contribution < -0.4 is 5.32 Å². The van der Waals surface area contributed by atoms with Crippen LogP contribution in [0.1, 0.15) is 48.0 Å². The van der Waals surface area contributed by atoms with Crippen LogP contribution in [0.25, 0.3) is 5.65 Å². The molecule has 0 aromatic carbocycles. The smallest absolute Gasteiger partial charge is 0.286 e. The van der Waals surface area contributed by atoms with Crippen molar-refractivity contribution in [1.82, 2.24) is 24.8 Å². The lowest BCUT2D eigenvalue weighted by Crippen LogP contribution is -2.39. The Labute approximate surface area is 162 Å². The van der Waals surface area contributed by atoms with Gasteiger partial charge in [-0.25, -0.2) is 0 Å². The highest BCUT2D eigenvalue weighted by atomic mass is 16.3. The molecule has 0 aliphatic carbocycles. The van der Waals surface area contributed by atoms with Gasteiger partial charge in [-0.15, -0.1) is 10.2 Å². The van der Waals surface area contributed by atoms with Gasteiger partial charge in [0.05, 0.1) is 6.26 Å². The molecule has 1 unspecified atom stereocenters. The van der Waals surface area contributed by atoms with E-state index in [1.165, 1.54) is 6.26 Å². The van der Waals surface area contributed by atoms with Crippen LogP contribution in [-0.2, 0) is 4.79 Å². The second-order valence-corrected chi connectivity index (χ2v) is 7.00. The molecule has 8 heteroatoms. The monoisotopic (exact) mass is 381 g/mol. The largest absolute Gasteiger partial charge is 0.459 e. The first-order valence-corrected chi connectivity index (χ1v) is 9.61. The van der Waals surface area contributed by atoms with Crippen molar-refractivity contribution in [2.24, 2.45) is 0 Å². The van der Waals surface area contributed by atoms with Gasteiger partial charge in [0, 0.05) is 38.2 Å². The molecule has 3 aromatic rings. The molecule has 1 N–H and O–H groups in total. The minimum atomic E-state index is -0.255. The van der Waals surface area contributed by atoms with Crippen LogP contribution in [0.15, 0.2) is 47.2 Å². The molecule has 1 saturated heterocycles. The number of rotatable bonds is 6. The fraction of sp³-hybridized carbons (Fsp3) is 0.400. The van der Waals surface area contributed by atoms with Crippen molar-refractivity contribution < 1.29 is 14.0 Å². The first-order valence-electron chi connectivity index (χ1n) is 9.61. The molecule has 0 spiro atoms. The third-order valence-electron chi connectivity index (χ3n) is 5.08. The van der Waals surface area contributed by atoms with Crippen molar-refractivity contribution in [1.29, 1.82) is 0 Å². The molecule has 4 rings (SSSR count). The second-order valence-electron chi connectivity index (χ2n) is 7.00. The van der Waals surface area contributed by atoms with Crippen LogP contribution in [-0.4, -0.2) is 50.9 Å². The van der Waals surface area contributed by atoms with E-state index in [1.54, 1.807) is 12.1 Å². The van der Waals surface area contributed by atoms with Crippen LogP contribution in [0.2, 0.25) is 0 Å². The topological polar surface area (TPSA) is 92.7 Å². The SMILES string of the molecule is O=C(NCCCC(=O)N1CCCC(c2nnc3ccccn23)C1)c1ccco1. The van der Waals surface area contributed by atoms with Gasteiger partial charge in [0.15, 0.2) is 11.4 Å². The van der Waals surface area contributed by atoms with Crippen molar-refractivity contribution in [3.8, 4) is 0 Å². The molecule has 1 aliphatic heterocycles. The lowest BCUT2D eigenvalue weighted by atomic mass is 9.97. The van der Waals surface area contributed by atoms with Gasteiger partial charge in [-0.2, -0.15) is 0 Å².